The van der Waals surface area contributed by atoms with Crippen LogP contribution in [-0.4, -0.2) is 18.9 Å². The number of hydrazine groups is 1. The van der Waals surface area contributed by atoms with Crippen LogP contribution in [0.15, 0.2) is 42.0 Å². The summed E-state index contributed by atoms with van der Waals surface area (Å²) in [6.45, 7) is 1.85. The van der Waals surface area contributed by atoms with Gasteiger partial charge in [-0.2, -0.15) is 0 Å². The van der Waals surface area contributed by atoms with E-state index in [-0.39, 0.29) is 5.57 Å². The van der Waals surface area contributed by atoms with E-state index in [1.807, 2.05) is 6.92 Å². The molecule has 2 aromatic rings. The molecule has 1 fully saturated rings. The van der Waals surface area contributed by atoms with Gasteiger partial charge in [0.2, 0.25) is 0 Å². The summed E-state index contributed by atoms with van der Waals surface area (Å²) in [7, 11) is 1.50. The van der Waals surface area contributed by atoms with Crippen molar-refractivity contribution in [1.82, 2.24) is 5.43 Å². The Morgan fingerprint density at radius 1 is 1.12 bits per heavy atom. The molecule has 3 rings (SSSR count). The van der Waals surface area contributed by atoms with E-state index in [4.69, 9.17) is 27.9 Å². The highest BCUT2D eigenvalue weighted by atomic mass is 35.5. The van der Waals surface area contributed by atoms with Crippen LogP contribution in [0.5, 0.6) is 5.75 Å². The molecule has 0 radical (unpaired) electrons. The van der Waals surface area contributed by atoms with Crippen LogP contribution in [0, 0.1) is 6.92 Å². The molecule has 2 amide bonds. The molecule has 0 saturated carbocycles. The Bertz CT molecular complexity index is 909. The second-order valence-corrected chi connectivity index (χ2v) is 6.30. The minimum atomic E-state index is -0.510. The molecular formula is C18H14Cl2N2O3. The third-order valence-corrected chi connectivity index (χ3v) is 4.44. The Morgan fingerprint density at radius 3 is 2.56 bits per heavy atom. The van der Waals surface area contributed by atoms with E-state index in [2.05, 4.69) is 5.43 Å². The van der Waals surface area contributed by atoms with E-state index in [1.54, 1.807) is 36.4 Å². The van der Waals surface area contributed by atoms with Crippen molar-refractivity contribution >= 4 is 46.8 Å². The van der Waals surface area contributed by atoms with Crippen molar-refractivity contribution in [2.75, 3.05) is 12.1 Å². The van der Waals surface area contributed by atoms with Gasteiger partial charge >= 0.3 is 0 Å². The minimum Gasteiger partial charge on any atom is -0.496 e. The number of carbonyl (C=O) groups is 2. The number of methoxy groups -OCH3 is 1. The summed E-state index contributed by atoms with van der Waals surface area (Å²) < 4.78 is 5.24. The monoisotopic (exact) mass is 376 g/mol. The van der Waals surface area contributed by atoms with E-state index in [9.17, 15) is 9.59 Å². The highest BCUT2D eigenvalue weighted by Gasteiger charge is 2.34. The number of nitrogens with zero attached hydrogens (tertiary/aromatic N) is 1. The molecule has 0 spiro atoms. The zero-order valence-corrected chi connectivity index (χ0v) is 15.0. The number of ether oxygens (including phenoxy) is 1. The van der Waals surface area contributed by atoms with Gasteiger partial charge in [0.1, 0.15) is 11.3 Å². The highest BCUT2D eigenvalue weighted by molar-refractivity contribution is 6.34. The quantitative estimate of drug-likeness (QED) is 0.655. The fourth-order valence-corrected chi connectivity index (χ4v) is 2.79. The van der Waals surface area contributed by atoms with Crippen LogP contribution < -0.4 is 15.2 Å². The summed E-state index contributed by atoms with van der Waals surface area (Å²) >= 11 is 12.1. The molecule has 0 bridgehead atoms. The van der Waals surface area contributed by atoms with Crippen molar-refractivity contribution in [2.24, 2.45) is 0 Å². The topological polar surface area (TPSA) is 58.6 Å². The molecule has 128 valence electrons. The molecule has 0 aliphatic carbocycles. The maximum atomic E-state index is 12.7. The third kappa shape index (κ3) is 3.34. The number of nitrogens with one attached hydrogen (secondary N) is 1. The molecule has 1 aliphatic heterocycles. The lowest BCUT2D eigenvalue weighted by atomic mass is 10.1. The van der Waals surface area contributed by atoms with E-state index in [0.29, 0.717) is 27.0 Å². The average molecular weight is 377 g/mol. The van der Waals surface area contributed by atoms with Crippen LogP contribution in [0.3, 0.4) is 0 Å². The molecule has 25 heavy (non-hydrogen) atoms. The number of aryl methyl sites for hydroxylation is 1. The van der Waals surface area contributed by atoms with Crippen molar-refractivity contribution in [1.29, 1.82) is 0 Å². The van der Waals surface area contributed by atoms with E-state index in [0.717, 1.165) is 10.6 Å². The second-order valence-electron chi connectivity index (χ2n) is 5.46. The lowest BCUT2D eigenvalue weighted by molar-refractivity contribution is -0.117. The first-order valence-electron chi connectivity index (χ1n) is 7.37. The molecule has 1 N–H and O–H groups in total. The molecule has 0 aromatic heterocycles. The Kier molecular flexibility index (Phi) is 4.70. The standard InChI is InChI=1S/C18H14Cl2N2O3/c1-10-3-5-13(9-15(10)20)22-18(24)14(17(23)21-22)8-11-7-12(19)4-6-16(11)25-2/h3-9H,1-2H3,(H,21,23)/b14-8-. The summed E-state index contributed by atoms with van der Waals surface area (Å²) in [5.41, 5.74) is 4.42. The van der Waals surface area contributed by atoms with Crippen LogP contribution >= 0.6 is 23.2 Å². The number of rotatable bonds is 3. The van der Waals surface area contributed by atoms with Crippen molar-refractivity contribution in [3.05, 3.63) is 63.1 Å². The number of halogens is 2. The van der Waals surface area contributed by atoms with Crippen LogP contribution in [-0.2, 0) is 9.59 Å². The molecule has 0 unspecified atom stereocenters. The first kappa shape index (κ1) is 17.3. The second kappa shape index (κ2) is 6.78. The Morgan fingerprint density at radius 2 is 1.88 bits per heavy atom. The number of hydrogen-bond donors (Lipinski definition) is 1. The normalized spacial score (nSPS) is 15.7. The smallest absolute Gasteiger partial charge is 0.282 e. The fourth-order valence-electron chi connectivity index (χ4n) is 2.43. The lowest BCUT2D eigenvalue weighted by Crippen LogP contribution is -2.35. The summed E-state index contributed by atoms with van der Waals surface area (Å²) in [4.78, 5) is 24.9. The van der Waals surface area contributed by atoms with Gasteiger partial charge in [-0.15, -0.1) is 0 Å². The summed E-state index contributed by atoms with van der Waals surface area (Å²) in [6.07, 6.45) is 1.46. The average Bonchev–Trinajstić information content (AvgIpc) is 2.86. The Labute approximate surface area is 154 Å². The Hall–Kier alpha value is -2.50. The molecule has 1 heterocycles. The zero-order chi connectivity index (χ0) is 18.1. The number of amides is 2. The van der Waals surface area contributed by atoms with Gasteiger partial charge in [-0.1, -0.05) is 29.3 Å². The van der Waals surface area contributed by atoms with Crippen molar-refractivity contribution in [2.45, 2.75) is 6.92 Å². The summed E-state index contributed by atoms with van der Waals surface area (Å²) in [5, 5.41) is 2.14. The number of anilines is 1. The molecule has 1 saturated heterocycles. The number of benzene rings is 2. The maximum absolute atomic E-state index is 12.7. The predicted octanol–water partition coefficient (Wildman–Crippen LogP) is 3.77. The van der Waals surface area contributed by atoms with Crippen molar-refractivity contribution < 1.29 is 14.3 Å². The van der Waals surface area contributed by atoms with Crippen LogP contribution in [0.25, 0.3) is 6.08 Å². The third-order valence-electron chi connectivity index (χ3n) is 3.80. The van der Waals surface area contributed by atoms with E-state index >= 15 is 0 Å². The van der Waals surface area contributed by atoms with Crippen molar-refractivity contribution in [3.63, 3.8) is 0 Å². The van der Waals surface area contributed by atoms with Gasteiger partial charge in [0.05, 0.1) is 12.8 Å². The molecular weight excluding hydrogens is 363 g/mol. The fraction of sp³-hybridized carbons (Fsp3) is 0.111. The minimum absolute atomic E-state index is 0.0164. The van der Waals surface area contributed by atoms with E-state index < -0.39 is 11.8 Å². The van der Waals surface area contributed by atoms with Gasteiger partial charge in [0, 0.05) is 15.6 Å². The Balaban J connectivity index is 1.99. The number of hydrogen-bond acceptors (Lipinski definition) is 3. The lowest BCUT2D eigenvalue weighted by Gasteiger charge is -2.15. The molecule has 1 aliphatic rings. The van der Waals surface area contributed by atoms with E-state index in [1.165, 1.54) is 13.2 Å². The van der Waals surface area contributed by atoms with Gasteiger partial charge in [-0.25, -0.2) is 5.01 Å². The van der Waals surface area contributed by atoms with Gasteiger partial charge < -0.3 is 4.74 Å². The SMILES string of the molecule is COc1ccc(Cl)cc1/C=C1/C(=O)NN(c2ccc(C)c(Cl)c2)C1=O. The van der Waals surface area contributed by atoms with Crippen molar-refractivity contribution in [3.8, 4) is 5.75 Å². The molecule has 7 heteroatoms. The largest absolute Gasteiger partial charge is 0.496 e. The molecule has 2 aromatic carbocycles. The van der Waals surface area contributed by atoms with Gasteiger partial charge in [-0.3, -0.25) is 15.0 Å². The van der Waals surface area contributed by atoms with Crippen LogP contribution in [0.4, 0.5) is 5.69 Å². The summed E-state index contributed by atoms with van der Waals surface area (Å²) in [5.74, 6) is -0.481. The predicted molar refractivity (Wildman–Crippen MR) is 97.8 cm³/mol. The summed E-state index contributed by atoms with van der Waals surface area (Å²) in [6, 6.07) is 10.1. The molecule has 5 nitrogen and oxygen atoms in total. The highest BCUT2D eigenvalue weighted by Crippen LogP contribution is 2.29. The number of carbonyl (C=O) groups excluding carboxylic acids is 2. The molecule has 0 atom stereocenters. The van der Waals surface area contributed by atoms with Crippen LogP contribution in [0.1, 0.15) is 11.1 Å². The first-order chi connectivity index (χ1) is 11.9. The van der Waals surface area contributed by atoms with Gasteiger partial charge in [0.25, 0.3) is 11.8 Å². The zero-order valence-electron chi connectivity index (χ0n) is 13.5. The maximum Gasteiger partial charge on any atom is 0.282 e. The van der Waals surface area contributed by atoms with Gasteiger partial charge in [-0.05, 0) is 48.9 Å². The van der Waals surface area contributed by atoms with Gasteiger partial charge in [0.15, 0.2) is 0 Å². The first-order valence-corrected chi connectivity index (χ1v) is 8.13. The van der Waals surface area contributed by atoms with Crippen LogP contribution in [0.2, 0.25) is 10.0 Å².